The average molecular weight is 459 g/mol. The number of carbonyl (C=O) groups excluding carboxylic acids is 2. The Bertz CT molecular complexity index is 1140. The van der Waals surface area contributed by atoms with Crippen molar-refractivity contribution in [2.45, 2.75) is 26.4 Å². The number of carbonyl (C=O) groups is 2. The van der Waals surface area contributed by atoms with E-state index in [1.807, 2.05) is 13.0 Å². The molecule has 2 aromatic carbocycles. The molecule has 3 aromatic rings. The van der Waals surface area contributed by atoms with Gasteiger partial charge in [-0.25, -0.2) is 4.98 Å². The number of benzene rings is 2. The Labute approximate surface area is 175 Å². The Morgan fingerprint density at radius 3 is 2.72 bits per heavy atom. The molecule has 0 bridgehead atoms. The van der Waals surface area contributed by atoms with Crippen molar-refractivity contribution in [1.29, 1.82) is 0 Å². The number of hydrogen-bond donors (Lipinski definition) is 1. The lowest BCUT2D eigenvalue weighted by Crippen LogP contribution is -2.15. The second-order valence-corrected chi connectivity index (χ2v) is 7.33. The normalized spacial score (nSPS) is 10.7. The molecule has 8 heteroatoms. The van der Waals surface area contributed by atoms with Crippen LogP contribution in [0.5, 0.6) is 5.75 Å². The molecule has 0 aliphatic carbocycles. The summed E-state index contributed by atoms with van der Waals surface area (Å²) in [5.41, 5.74) is 1.53. The van der Waals surface area contributed by atoms with E-state index in [0.29, 0.717) is 22.2 Å². The second-order valence-electron chi connectivity index (χ2n) is 6.41. The van der Waals surface area contributed by atoms with E-state index in [-0.39, 0.29) is 36.6 Å². The van der Waals surface area contributed by atoms with Gasteiger partial charge in [0.1, 0.15) is 18.2 Å². The molecule has 0 spiro atoms. The molecule has 29 heavy (non-hydrogen) atoms. The monoisotopic (exact) mass is 458 g/mol. The predicted molar refractivity (Wildman–Crippen MR) is 111 cm³/mol. The fourth-order valence-electron chi connectivity index (χ4n) is 2.89. The van der Waals surface area contributed by atoms with Gasteiger partial charge in [-0.1, -0.05) is 28.1 Å². The Balaban J connectivity index is 1.61. The number of halogens is 1. The molecule has 1 aromatic heterocycles. The van der Waals surface area contributed by atoms with E-state index >= 15 is 0 Å². The highest BCUT2D eigenvalue weighted by Crippen LogP contribution is 2.24. The number of ketones is 1. The number of Topliss-reactive ketones (excluding diaryl/α,β-unsaturated/α-hetero) is 1. The summed E-state index contributed by atoms with van der Waals surface area (Å²) in [6.07, 6.45) is -0.113. The smallest absolute Gasteiger partial charge is 0.306 e. The number of hydrogen-bond acceptors (Lipinski definition) is 6. The fraction of sp³-hybridized carbons (Fsp3) is 0.238. The maximum absolute atomic E-state index is 12.4. The Morgan fingerprint density at radius 2 is 1.97 bits per heavy atom. The van der Waals surface area contributed by atoms with Crippen molar-refractivity contribution in [3.63, 3.8) is 0 Å². The lowest BCUT2D eigenvalue weighted by atomic mass is 10.1. The van der Waals surface area contributed by atoms with Crippen molar-refractivity contribution < 1.29 is 19.1 Å². The number of nitrogens with zero attached hydrogens (tertiary/aromatic N) is 1. The van der Waals surface area contributed by atoms with Gasteiger partial charge in [0.2, 0.25) is 0 Å². The summed E-state index contributed by atoms with van der Waals surface area (Å²) in [6, 6.07) is 10.4. The summed E-state index contributed by atoms with van der Waals surface area (Å²) in [4.78, 5) is 43.6. The third-order valence-electron chi connectivity index (χ3n) is 4.37. The number of H-pyrrole nitrogens is 1. The minimum Gasteiger partial charge on any atom is -0.496 e. The zero-order chi connectivity index (χ0) is 21.0. The first kappa shape index (κ1) is 20.7. The molecule has 150 valence electrons. The molecule has 0 atom stereocenters. The van der Waals surface area contributed by atoms with Gasteiger partial charge in [-0.3, -0.25) is 14.4 Å². The van der Waals surface area contributed by atoms with Gasteiger partial charge in [-0.05, 0) is 36.8 Å². The summed E-state index contributed by atoms with van der Waals surface area (Å²) < 4.78 is 11.1. The van der Waals surface area contributed by atoms with Crippen LogP contribution < -0.4 is 10.3 Å². The molecule has 7 nitrogen and oxygen atoms in total. The van der Waals surface area contributed by atoms with Crippen LogP contribution in [0.3, 0.4) is 0 Å². The van der Waals surface area contributed by atoms with Gasteiger partial charge in [0.25, 0.3) is 5.56 Å². The number of ether oxygens (including phenoxy) is 2. The predicted octanol–water partition coefficient (Wildman–Crippen LogP) is 3.71. The lowest BCUT2D eigenvalue weighted by Gasteiger charge is -2.09. The molecular weight excluding hydrogens is 440 g/mol. The molecule has 0 saturated heterocycles. The van der Waals surface area contributed by atoms with Crippen LogP contribution in [0.4, 0.5) is 0 Å². The summed E-state index contributed by atoms with van der Waals surface area (Å²) in [6.45, 7) is 1.68. The summed E-state index contributed by atoms with van der Waals surface area (Å²) in [7, 11) is 1.48. The fourth-order valence-corrected chi connectivity index (χ4v) is 3.25. The van der Waals surface area contributed by atoms with Crippen LogP contribution in [0.25, 0.3) is 10.9 Å². The molecule has 0 aliphatic rings. The van der Waals surface area contributed by atoms with E-state index in [1.165, 1.54) is 7.11 Å². The summed E-state index contributed by atoms with van der Waals surface area (Å²) >= 11 is 3.32. The van der Waals surface area contributed by atoms with E-state index in [4.69, 9.17) is 9.47 Å². The molecular formula is C21H19BrN2O5. The first-order chi connectivity index (χ1) is 13.9. The van der Waals surface area contributed by atoms with E-state index in [2.05, 4.69) is 25.9 Å². The lowest BCUT2D eigenvalue weighted by molar-refractivity contribution is -0.145. The number of methoxy groups -OCH3 is 1. The van der Waals surface area contributed by atoms with Gasteiger partial charge in [0.15, 0.2) is 5.78 Å². The van der Waals surface area contributed by atoms with Gasteiger partial charge in [-0.2, -0.15) is 0 Å². The SMILES string of the molecule is COc1ccc(Br)cc1C(=O)CCC(=O)OCc1nc2c(C)cccc2c(=O)[nH]1. The number of rotatable bonds is 7. The minimum atomic E-state index is -0.556. The third kappa shape index (κ3) is 4.89. The van der Waals surface area contributed by atoms with Crippen LogP contribution in [-0.2, 0) is 16.1 Å². The van der Waals surface area contributed by atoms with Crippen LogP contribution in [-0.4, -0.2) is 28.8 Å². The maximum Gasteiger partial charge on any atom is 0.306 e. The molecule has 0 saturated carbocycles. The van der Waals surface area contributed by atoms with Crippen molar-refractivity contribution in [3.05, 3.63) is 68.2 Å². The highest BCUT2D eigenvalue weighted by molar-refractivity contribution is 9.10. The van der Waals surface area contributed by atoms with E-state index in [9.17, 15) is 14.4 Å². The Morgan fingerprint density at radius 1 is 1.17 bits per heavy atom. The molecule has 0 fully saturated rings. The van der Waals surface area contributed by atoms with Crippen LogP contribution in [0, 0.1) is 6.92 Å². The van der Waals surface area contributed by atoms with Crippen molar-refractivity contribution in [2.75, 3.05) is 7.11 Å². The second kappa shape index (κ2) is 9.00. The van der Waals surface area contributed by atoms with Gasteiger partial charge in [0.05, 0.1) is 30.0 Å². The number of aromatic nitrogens is 2. The molecule has 0 aliphatic heterocycles. The molecule has 3 rings (SSSR count). The van der Waals surface area contributed by atoms with Crippen LogP contribution >= 0.6 is 15.9 Å². The van der Waals surface area contributed by atoms with E-state index < -0.39 is 5.97 Å². The zero-order valence-electron chi connectivity index (χ0n) is 16.0. The van der Waals surface area contributed by atoms with Crippen molar-refractivity contribution >= 4 is 38.6 Å². The molecule has 0 radical (unpaired) electrons. The number of aromatic amines is 1. The topological polar surface area (TPSA) is 98.3 Å². The number of fused-ring (bicyclic) bond motifs is 1. The minimum absolute atomic E-state index is 0.0214. The number of aryl methyl sites for hydroxylation is 1. The molecule has 1 heterocycles. The van der Waals surface area contributed by atoms with Gasteiger partial charge in [0, 0.05) is 10.9 Å². The summed E-state index contributed by atoms with van der Waals surface area (Å²) in [5, 5.41) is 0.480. The number of para-hydroxylation sites is 1. The van der Waals surface area contributed by atoms with Crippen LogP contribution in [0.15, 0.2) is 45.7 Å². The Kier molecular flexibility index (Phi) is 6.43. The number of esters is 1. The average Bonchev–Trinajstić information content (AvgIpc) is 2.71. The third-order valence-corrected chi connectivity index (χ3v) is 4.87. The molecule has 0 unspecified atom stereocenters. The van der Waals surface area contributed by atoms with Gasteiger partial charge in [-0.15, -0.1) is 0 Å². The van der Waals surface area contributed by atoms with Crippen LogP contribution in [0.1, 0.15) is 34.6 Å². The van der Waals surface area contributed by atoms with Crippen molar-refractivity contribution in [1.82, 2.24) is 9.97 Å². The van der Waals surface area contributed by atoms with E-state index in [1.54, 1.807) is 30.3 Å². The highest BCUT2D eigenvalue weighted by atomic mass is 79.9. The van der Waals surface area contributed by atoms with Crippen molar-refractivity contribution in [3.8, 4) is 5.75 Å². The first-order valence-corrected chi connectivity index (χ1v) is 9.69. The maximum atomic E-state index is 12.4. The summed E-state index contributed by atoms with van der Waals surface area (Å²) in [5.74, 6) is -0.0854. The number of nitrogens with one attached hydrogen (secondary N) is 1. The molecule has 1 N–H and O–H groups in total. The first-order valence-electron chi connectivity index (χ1n) is 8.90. The van der Waals surface area contributed by atoms with Crippen LogP contribution in [0.2, 0.25) is 0 Å². The zero-order valence-corrected chi connectivity index (χ0v) is 17.5. The van der Waals surface area contributed by atoms with Crippen molar-refractivity contribution in [2.24, 2.45) is 0 Å². The van der Waals surface area contributed by atoms with Gasteiger partial charge >= 0.3 is 5.97 Å². The van der Waals surface area contributed by atoms with E-state index in [0.717, 1.165) is 10.0 Å². The highest BCUT2D eigenvalue weighted by Gasteiger charge is 2.16. The Hall–Kier alpha value is -3.00. The standard InChI is InChI=1S/C21H19BrN2O5/c1-12-4-3-5-14-20(12)23-18(24-21(14)27)11-29-19(26)9-7-16(25)15-10-13(22)6-8-17(15)28-2/h3-6,8,10H,7,9,11H2,1-2H3,(H,23,24,27). The molecule has 0 amide bonds. The largest absolute Gasteiger partial charge is 0.496 e. The van der Waals surface area contributed by atoms with Gasteiger partial charge < -0.3 is 14.5 Å². The quantitative estimate of drug-likeness (QED) is 0.427.